The van der Waals surface area contributed by atoms with E-state index in [0.29, 0.717) is 19.5 Å². The third-order valence-corrected chi connectivity index (χ3v) is 4.95. The lowest BCUT2D eigenvalue weighted by atomic mass is 9.95. The maximum absolute atomic E-state index is 13.1. The molecule has 150 valence electrons. The first-order valence-corrected chi connectivity index (χ1v) is 9.52. The molecule has 1 aromatic heterocycles. The van der Waals surface area contributed by atoms with E-state index >= 15 is 0 Å². The predicted molar refractivity (Wildman–Crippen MR) is 99.8 cm³/mol. The highest BCUT2D eigenvalue weighted by Crippen LogP contribution is 2.19. The molecule has 3 rings (SSSR count). The Hall–Kier alpha value is -2.97. The molecule has 2 fully saturated rings. The lowest BCUT2D eigenvalue weighted by Crippen LogP contribution is -2.53. The van der Waals surface area contributed by atoms with Crippen LogP contribution in [0.5, 0.6) is 0 Å². The molecule has 2 atom stereocenters. The number of carbonyl (C=O) groups excluding carboxylic acids is 4. The molecular weight excluding hydrogens is 362 g/mol. The number of hydrogen-bond acceptors (Lipinski definition) is 5. The third-order valence-electron chi connectivity index (χ3n) is 4.95. The molecule has 2 aliphatic rings. The van der Waals surface area contributed by atoms with Crippen LogP contribution in [-0.2, 0) is 25.6 Å². The van der Waals surface area contributed by atoms with Crippen LogP contribution < -0.4 is 16.0 Å². The second-order valence-electron chi connectivity index (χ2n) is 7.17. The van der Waals surface area contributed by atoms with Crippen LogP contribution in [0, 0.1) is 5.92 Å². The van der Waals surface area contributed by atoms with Gasteiger partial charge in [0.05, 0.1) is 19.0 Å². The molecule has 0 spiro atoms. The summed E-state index contributed by atoms with van der Waals surface area (Å²) in [4.78, 5) is 55.3. The Morgan fingerprint density at radius 2 is 1.82 bits per heavy atom. The minimum Gasteiger partial charge on any atom is -0.350 e. The smallest absolute Gasteiger partial charge is 0.239 e. The molecule has 2 saturated heterocycles. The van der Waals surface area contributed by atoms with E-state index in [1.807, 2.05) is 12.1 Å². The van der Waals surface area contributed by atoms with Crippen molar-refractivity contribution >= 4 is 23.6 Å². The fraction of sp³-hybridized carbons (Fsp3) is 0.526. The molecule has 2 bridgehead atoms. The van der Waals surface area contributed by atoms with E-state index in [-0.39, 0.29) is 43.3 Å². The lowest BCUT2D eigenvalue weighted by molar-refractivity contribution is -0.140. The molecule has 0 aromatic carbocycles. The molecule has 28 heavy (non-hydrogen) atoms. The summed E-state index contributed by atoms with van der Waals surface area (Å²) in [5.41, 5.74) is 0.731. The van der Waals surface area contributed by atoms with Crippen molar-refractivity contribution in [1.29, 1.82) is 0 Å². The summed E-state index contributed by atoms with van der Waals surface area (Å²) < 4.78 is 0. The average Bonchev–Trinajstić information content (AvgIpc) is 2.70. The monoisotopic (exact) mass is 387 g/mol. The summed E-state index contributed by atoms with van der Waals surface area (Å²) in [6, 6.07) is 5.30. The number of nitrogens with one attached hydrogen (secondary N) is 3. The van der Waals surface area contributed by atoms with Gasteiger partial charge in [-0.05, 0) is 25.0 Å². The first-order valence-electron chi connectivity index (χ1n) is 9.52. The predicted octanol–water partition coefficient (Wildman–Crippen LogP) is -1.02. The van der Waals surface area contributed by atoms with Gasteiger partial charge in [0.1, 0.15) is 0 Å². The van der Waals surface area contributed by atoms with Crippen LogP contribution in [0.2, 0.25) is 0 Å². The Morgan fingerprint density at radius 1 is 1.04 bits per heavy atom. The van der Waals surface area contributed by atoms with Gasteiger partial charge in [0.15, 0.2) is 0 Å². The van der Waals surface area contributed by atoms with Crippen molar-refractivity contribution in [3.8, 4) is 0 Å². The molecule has 4 amide bonds. The van der Waals surface area contributed by atoms with E-state index in [0.717, 1.165) is 18.5 Å². The highest BCUT2D eigenvalue weighted by atomic mass is 16.2. The Morgan fingerprint density at radius 3 is 2.61 bits per heavy atom. The van der Waals surface area contributed by atoms with E-state index < -0.39 is 11.8 Å². The number of aromatic nitrogens is 1. The lowest BCUT2D eigenvalue weighted by Gasteiger charge is -2.35. The second-order valence-corrected chi connectivity index (χ2v) is 7.17. The summed E-state index contributed by atoms with van der Waals surface area (Å²) in [6.45, 7) is 0.617. The Balaban J connectivity index is 1.79. The van der Waals surface area contributed by atoms with Crippen molar-refractivity contribution in [1.82, 2.24) is 25.8 Å². The molecule has 0 aliphatic carbocycles. The Kier molecular flexibility index (Phi) is 6.57. The summed E-state index contributed by atoms with van der Waals surface area (Å²) >= 11 is 0. The van der Waals surface area contributed by atoms with Gasteiger partial charge in [-0.3, -0.25) is 24.2 Å². The maximum Gasteiger partial charge on any atom is 0.239 e. The molecule has 0 radical (unpaired) electrons. The van der Waals surface area contributed by atoms with Gasteiger partial charge in [0.25, 0.3) is 0 Å². The molecule has 9 nitrogen and oxygen atoms in total. The standard InChI is InChI=1S/C19H25N5O4/c25-16-9-13(8-14-4-1-2-6-20-14)19(28)24-7-3-5-15(12-24)23-18(27)11-22-17(26)10-21-16/h1-2,4,6,13,15H,3,5,7-12H2,(H,21,25)(H,22,26)(H,23,27). The van der Waals surface area contributed by atoms with Crippen LogP contribution in [0.4, 0.5) is 0 Å². The van der Waals surface area contributed by atoms with Crippen molar-refractivity contribution in [3.63, 3.8) is 0 Å². The molecular formula is C19H25N5O4. The zero-order valence-corrected chi connectivity index (χ0v) is 15.6. The molecule has 2 aliphatic heterocycles. The summed E-state index contributed by atoms with van der Waals surface area (Å²) in [7, 11) is 0. The number of carbonyl (C=O) groups is 4. The van der Waals surface area contributed by atoms with Gasteiger partial charge >= 0.3 is 0 Å². The number of rotatable bonds is 2. The first kappa shape index (κ1) is 19.8. The van der Waals surface area contributed by atoms with E-state index in [4.69, 9.17) is 0 Å². The van der Waals surface area contributed by atoms with Crippen molar-refractivity contribution in [2.45, 2.75) is 31.7 Å². The minimum atomic E-state index is -0.574. The third kappa shape index (κ3) is 5.51. The Bertz CT molecular complexity index is 739. The Labute approximate surface area is 163 Å². The normalized spacial score (nSPS) is 24.6. The topological polar surface area (TPSA) is 120 Å². The maximum atomic E-state index is 13.1. The van der Waals surface area contributed by atoms with Gasteiger partial charge in [-0.1, -0.05) is 6.07 Å². The number of amides is 4. The molecule has 2 unspecified atom stereocenters. The largest absolute Gasteiger partial charge is 0.350 e. The fourth-order valence-electron chi connectivity index (χ4n) is 3.57. The zero-order chi connectivity index (χ0) is 19.9. The van der Waals surface area contributed by atoms with Crippen LogP contribution in [0.3, 0.4) is 0 Å². The van der Waals surface area contributed by atoms with Gasteiger partial charge in [-0.15, -0.1) is 0 Å². The molecule has 3 heterocycles. The fourth-order valence-corrected chi connectivity index (χ4v) is 3.57. The van der Waals surface area contributed by atoms with E-state index in [2.05, 4.69) is 20.9 Å². The van der Waals surface area contributed by atoms with Gasteiger partial charge < -0.3 is 20.9 Å². The van der Waals surface area contributed by atoms with E-state index in [9.17, 15) is 19.2 Å². The number of hydrogen-bond donors (Lipinski definition) is 3. The highest BCUT2D eigenvalue weighted by molar-refractivity contribution is 5.90. The first-order chi connectivity index (χ1) is 13.5. The van der Waals surface area contributed by atoms with Gasteiger partial charge in [0.2, 0.25) is 23.6 Å². The average molecular weight is 387 g/mol. The van der Waals surface area contributed by atoms with Crippen LogP contribution >= 0.6 is 0 Å². The number of fused-ring (bicyclic) bond motifs is 2. The van der Waals surface area contributed by atoms with Crippen LogP contribution in [0.15, 0.2) is 24.4 Å². The van der Waals surface area contributed by atoms with E-state index in [1.165, 1.54) is 0 Å². The summed E-state index contributed by atoms with van der Waals surface area (Å²) in [5.74, 6) is -1.82. The van der Waals surface area contributed by atoms with Gasteiger partial charge in [-0.25, -0.2) is 0 Å². The van der Waals surface area contributed by atoms with Crippen LogP contribution in [0.1, 0.15) is 25.0 Å². The minimum absolute atomic E-state index is 0.0176. The summed E-state index contributed by atoms with van der Waals surface area (Å²) in [6.07, 6.45) is 3.52. The second kappa shape index (κ2) is 9.29. The number of nitrogens with zero attached hydrogens (tertiary/aromatic N) is 2. The molecule has 9 heteroatoms. The zero-order valence-electron chi connectivity index (χ0n) is 15.6. The van der Waals surface area contributed by atoms with Crippen LogP contribution in [0.25, 0.3) is 0 Å². The van der Waals surface area contributed by atoms with Crippen molar-refractivity contribution < 1.29 is 19.2 Å². The van der Waals surface area contributed by atoms with Gasteiger partial charge in [0, 0.05) is 43.9 Å². The van der Waals surface area contributed by atoms with Crippen molar-refractivity contribution in [3.05, 3.63) is 30.1 Å². The number of pyridine rings is 1. The van der Waals surface area contributed by atoms with Crippen molar-refractivity contribution in [2.75, 3.05) is 26.2 Å². The van der Waals surface area contributed by atoms with Gasteiger partial charge in [-0.2, -0.15) is 0 Å². The molecule has 3 N–H and O–H groups in total. The molecule has 0 saturated carbocycles. The summed E-state index contributed by atoms with van der Waals surface area (Å²) in [5, 5.41) is 7.87. The SMILES string of the molecule is O=C1CNC(=O)CC(Cc2ccccn2)C(=O)N2CCCC(C2)NC(=O)CN1. The van der Waals surface area contributed by atoms with Crippen molar-refractivity contribution in [2.24, 2.45) is 5.92 Å². The highest BCUT2D eigenvalue weighted by Gasteiger charge is 2.31. The quantitative estimate of drug-likeness (QED) is 0.600. The number of piperidine rings is 1. The van der Waals surface area contributed by atoms with Crippen LogP contribution in [-0.4, -0.2) is 65.7 Å². The molecule has 1 aromatic rings. The van der Waals surface area contributed by atoms with E-state index in [1.54, 1.807) is 17.2 Å².